The molecular formula is C18H30N4O4. The minimum Gasteiger partial charge on any atom is -0.384 e. The molecule has 146 valence electrons. The summed E-state index contributed by atoms with van der Waals surface area (Å²) in [6.07, 6.45) is 1.41. The van der Waals surface area contributed by atoms with E-state index < -0.39 is 11.5 Å². The van der Waals surface area contributed by atoms with Gasteiger partial charge in [-0.2, -0.15) is 4.98 Å². The maximum Gasteiger partial charge on any atom is 0.240 e. The summed E-state index contributed by atoms with van der Waals surface area (Å²) in [5.41, 5.74) is -0.646. The summed E-state index contributed by atoms with van der Waals surface area (Å²) in [7, 11) is 1.60. The summed E-state index contributed by atoms with van der Waals surface area (Å²) in [6.45, 7) is 11.0. The highest BCUT2D eigenvalue weighted by molar-refractivity contribution is 5.99. The first-order chi connectivity index (χ1) is 12.0. The molecule has 0 bridgehead atoms. The SMILES string of the molecule is COCC(C)(C)c1nc(C(=O)C2CCCN2C(=O)CNC(C)(C)C)no1. The van der Waals surface area contributed by atoms with Crippen LogP contribution in [0.1, 0.15) is 64.0 Å². The molecule has 0 saturated carbocycles. The van der Waals surface area contributed by atoms with Crippen LogP contribution in [-0.4, -0.2) is 65.1 Å². The van der Waals surface area contributed by atoms with E-state index in [2.05, 4.69) is 15.5 Å². The van der Waals surface area contributed by atoms with Crippen LogP contribution >= 0.6 is 0 Å². The summed E-state index contributed by atoms with van der Waals surface area (Å²) in [6, 6.07) is -0.528. The zero-order valence-electron chi connectivity index (χ0n) is 16.6. The van der Waals surface area contributed by atoms with E-state index in [0.717, 1.165) is 6.42 Å². The van der Waals surface area contributed by atoms with Crippen LogP contribution in [0.25, 0.3) is 0 Å². The highest BCUT2D eigenvalue weighted by Gasteiger charge is 2.38. The largest absolute Gasteiger partial charge is 0.384 e. The predicted octanol–water partition coefficient (Wildman–Crippen LogP) is 1.56. The molecule has 1 unspecified atom stereocenters. The van der Waals surface area contributed by atoms with Crippen LogP contribution < -0.4 is 5.32 Å². The maximum absolute atomic E-state index is 12.8. The lowest BCUT2D eigenvalue weighted by Gasteiger charge is -2.26. The Morgan fingerprint density at radius 1 is 1.31 bits per heavy atom. The molecule has 1 fully saturated rings. The fourth-order valence-electron chi connectivity index (χ4n) is 2.95. The Balaban J connectivity index is 2.08. The number of hydrogen-bond acceptors (Lipinski definition) is 7. The van der Waals surface area contributed by atoms with Crippen LogP contribution in [0.15, 0.2) is 4.52 Å². The van der Waals surface area contributed by atoms with E-state index in [0.29, 0.717) is 25.5 Å². The van der Waals surface area contributed by atoms with Crippen LogP contribution in [0.4, 0.5) is 0 Å². The van der Waals surface area contributed by atoms with E-state index in [1.807, 2.05) is 34.6 Å². The minimum atomic E-state index is -0.528. The highest BCUT2D eigenvalue weighted by Crippen LogP contribution is 2.24. The van der Waals surface area contributed by atoms with Gasteiger partial charge in [0.05, 0.1) is 24.6 Å². The van der Waals surface area contributed by atoms with Crippen molar-refractivity contribution in [2.75, 3.05) is 26.8 Å². The summed E-state index contributed by atoms with van der Waals surface area (Å²) in [5.74, 6) is 0.0275. The van der Waals surface area contributed by atoms with Crippen molar-refractivity contribution in [3.8, 4) is 0 Å². The molecule has 0 aromatic carbocycles. The fourth-order valence-corrected chi connectivity index (χ4v) is 2.95. The van der Waals surface area contributed by atoms with Crippen molar-refractivity contribution in [1.82, 2.24) is 20.4 Å². The minimum absolute atomic E-state index is 0.0256. The van der Waals surface area contributed by atoms with E-state index in [9.17, 15) is 9.59 Å². The van der Waals surface area contributed by atoms with Crippen molar-refractivity contribution < 1.29 is 18.8 Å². The number of nitrogens with one attached hydrogen (secondary N) is 1. The van der Waals surface area contributed by atoms with Crippen molar-refractivity contribution in [1.29, 1.82) is 0 Å². The summed E-state index contributed by atoms with van der Waals surface area (Å²) in [4.78, 5) is 31.2. The highest BCUT2D eigenvalue weighted by atomic mass is 16.5. The number of ketones is 1. The predicted molar refractivity (Wildman–Crippen MR) is 96.0 cm³/mol. The topological polar surface area (TPSA) is 97.6 Å². The number of methoxy groups -OCH3 is 1. The molecule has 1 aliphatic heterocycles. The van der Waals surface area contributed by atoms with Gasteiger partial charge in [0.1, 0.15) is 0 Å². The molecule has 1 amide bonds. The van der Waals surface area contributed by atoms with Gasteiger partial charge in [-0.1, -0.05) is 5.16 Å². The molecule has 1 aliphatic rings. The Labute approximate surface area is 154 Å². The number of hydrogen-bond donors (Lipinski definition) is 1. The second-order valence-electron chi connectivity index (χ2n) is 8.45. The van der Waals surface area contributed by atoms with Gasteiger partial charge in [-0.15, -0.1) is 0 Å². The van der Waals surface area contributed by atoms with E-state index in [1.54, 1.807) is 12.0 Å². The molecule has 2 heterocycles. The molecule has 8 heteroatoms. The Bertz CT molecular complexity index is 648. The molecule has 1 N–H and O–H groups in total. The lowest BCUT2D eigenvalue weighted by molar-refractivity contribution is -0.130. The van der Waals surface area contributed by atoms with Gasteiger partial charge in [-0.25, -0.2) is 0 Å². The van der Waals surface area contributed by atoms with Crippen molar-refractivity contribution in [2.45, 2.75) is 64.5 Å². The molecule has 1 saturated heterocycles. The lowest BCUT2D eigenvalue weighted by atomic mass is 9.95. The van der Waals surface area contributed by atoms with Gasteiger partial charge in [0.15, 0.2) is 0 Å². The van der Waals surface area contributed by atoms with Gasteiger partial charge >= 0.3 is 0 Å². The monoisotopic (exact) mass is 366 g/mol. The number of ether oxygens (including phenoxy) is 1. The number of carbonyl (C=O) groups is 2. The van der Waals surface area contributed by atoms with E-state index in [4.69, 9.17) is 9.26 Å². The van der Waals surface area contributed by atoms with Crippen LogP contribution in [0.2, 0.25) is 0 Å². The Kier molecular flexibility index (Phi) is 6.18. The van der Waals surface area contributed by atoms with Gasteiger partial charge in [-0.3, -0.25) is 9.59 Å². The molecular weight excluding hydrogens is 336 g/mol. The third-order valence-electron chi connectivity index (χ3n) is 4.38. The lowest BCUT2D eigenvalue weighted by Crippen LogP contribution is -2.48. The van der Waals surface area contributed by atoms with Gasteiger partial charge in [0.25, 0.3) is 0 Å². The summed E-state index contributed by atoms with van der Waals surface area (Å²) in [5, 5.41) is 7.01. The van der Waals surface area contributed by atoms with Crippen LogP contribution in [0.3, 0.4) is 0 Å². The number of likely N-dealkylation sites (tertiary alicyclic amines) is 1. The van der Waals surface area contributed by atoms with Crippen molar-refractivity contribution in [3.63, 3.8) is 0 Å². The van der Waals surface area contributed by atoms with Crippen LogP contribution in [0, 0.1) is 0 Å². The Hall–Kier alpha value is -1.80. The zero-order chi connectivity index (χ0) is 19.5. The molecule has 1 atom stereocenters. The van der Waals surface area contributed by atoms with Crippen LogP contribution in [0.5, 0.6) is 0 Å². The zero-order valence-corrected chi connectivity index (χ0v) is 16.6. The second kappa shape index (κ2) is 7.84. The number of nitrogens with zero attached hydrogens (tertiary/aromatic N) is 3. The number of Topliss-reactive ketones (excluding diaryl/α,β-unsaturated/α-hetero) is 1. The molecule has 0 spiro atoms. The number of carbonyl (C=O) groups excluding carboxylic acids is 2. The molecule has 1 aromatic rings. The molecule has 8 nitrogen and oxygen atoms in total. The third-order valence-corrected chi connectivity index (χ3v) is 4.38. The molecule has 1 aromatic heterocycles. The molecule has 0 aliphatic carbocycles. The Morgan fingerprint density at radius 2 is 2.00 bits per heavy atom. The number of aromatic nitrogens is 2. The first kappa shape index (κ1) is 20.5. The average Bonchev–Trinajstić information content (AvgIpc) is 3.20. The van der Waals surface area contributed by atoms with Gasteiger partial charge in [0, 0.05) is 19.2 Å². The first-order valence-corrected chi connectivity index (χ1v) is 8.97. The van der Waals surface area contributed by atoms with E-state index in [-0.39, 0.29) is 29.6 Å². The normalized spacial score (nSPS) is 18.4. The van der Waals surface area contributed by atoms with Gasteiger partial charge < -0.3 is 19.5 Å². The Morgan fingerprint density at radius 3 is 2.62 bits per heavy atom. The third kappa shape index (κ3) is 4.88. The number of amides is 1. The summed E-state index contributed by atoms with van der Waals surface area (Å²) < 4.78 is 10.4. The maximum atomic E-state index is 12.8. The van der Waals surface area contributed by atoms with Gasteiger partial charge in [-0.05, 0) is 47.5 Å². The van der Waals surface area contributed by atoms with Crippen molar-refractivity contribution in [2.24, 2.45) is 0 Å². The fraction of sp³-hybridized carbons (Fsp3) is 0.778. The van der Waals surface area contributed by atoms with Crippen molar-refractivity contribution >= 4 is 11.7 Å². The second-order valence-corrected chi connectivity index (χ2v) is 8.45. The van der Waals surface area contributed by atoms with Crippen LogP contribution in [-0.2, 0) is 14.9 Å². The van der Waals surface area contributed by atoms with Crippen molar-refractivity contribution in [3.05, 3.63) is 11.7 Å². The van der Waals surface area contributed by atoms with E-state index in [1.165, 1.54) is 0 Å². The molecule has 2 rings (SSSR count). The smallest absolute Gasteiger partial charge is 0.240 e. The molecule has 26 heavy (non-hydrogen) atoms. The standard InChI is InChI=1S/C18H30N4O4/c1-17(2,3)19-10-13(23)22-9-7-8-12(22)14(24)15-20-16(26-21-15)18(4,5)11-25-6/h12,19H,7-11H2,1-6H3. The summed E-state index contributed by atoms with van der Waals surface area (Å²) >= 11 is 0. The molecule has 0 radical (unpaired) electrons. The van der Waals surface area contributed by atoms with E-state index >= 15 is 0 Å². The first-order valence-electron chi connectivity index (χ1n) is 8.97. The van der Waals surface area contributed by atoms with Gasteiger partial charge in [0.2, 0.25) is 23.4 Å². The number of rotatable bonds is 7. The average molecular weight is 366 g/mol. The quantitative estimate of drug-likeness (QED) is 0.731.